The first-order valence-corrected chi connectivity index (χ1v) is 13.2. The molecule has 0 fully saturated rings. The van der Waals surface area contributed by atoms with Gasteiger partial charge in [0.25, 0.3) is 0 Å². The average molecular weight is 501 g/mol. The number of aliphatic hydroxyl groups is 1. The standard InChI is InChI=1S/C27H50NO7/c1-6-7-14-18-25(35-27(32)22-28(3,4)20-21-34-23(2)29)24(30)17-15-12-10-8-9-11-13-16-19-26(31)33-5/h12,15,24-25,30H,6-11,13-14,16-22H2,1-5H3/q+1/b15-12-. The summed E-state index contributed by atoms with van der Waals surface area (Å²) in [6.07, 6.45) is 13.5. The lowest BCUT2D eigenvalue weighted by Crippen LogP contribution is -2.47. The molecule has 0 aliphatic heterocycles. The molecule has 0 rings (SSSR count). The highest BCUT2D eigenvalue weighted by Gasteiger charge is 2.27. The average Bonchev–Trinajstić information content (AvgIpc) is 2.78. The third kappa shape index (κ3) is 20.0. The summed E-state index contributed by atoms with van der Waals surface area (Å²) in [6.45, 7) is 4.37. The Bertz CT molecular complexity index is 619. The summed E-state index contributed by atoms with van der Waals surface area (Å²) >= 11 is 0. The van der Waals surface area contributed by atoms with Crippen LogP contribution in [0.2, 0.25) is 0 Å². The molecule has 2 unspecified atom stereocenters. The number of methoxy groups -OCH3 is 1. The van der Waals surface area contributed by atoms with Gasteiger partial charge in [0.05, 0.1) is 27.3 Å². The van der Waals surface area contributed by atoms with E-state index in [-0.39, 0.29) is 31.1 Å². The number of rotatable bonds is 21. The third-order valence-electron chi connectivity index (χ3n) is 5.89. The summed E-state index contributed by atoms with van der Waals surface area (Å²) in [4.78, 5) is 34.6. The molecule has 0 bridgehead atoms. The van der Waals surface area contributed by atoms with Crippen molar-refractivity contribution < 1.29 is 38.2 Å². The second-order valence-electron chi connectivity index (χ2n) is 9.84. The van der Waals surface area contributed by atoms with Gasteiger partial charge in [-0.1, -0.05) is 51.2 Å². The molecule has 0 aliphatic rings. The normalized spacial score (nSPS) is 13.4. The fraction of sp³-hybridized carbons (Fsp3) is 0.815. The summed E-state index contributed by atoms with van der Waals surface area (Å²) in [5.74, 6) is -0.836. The number of likely N-dealkylation sites (N-methyl/N-ethyl adjacent to an activating group) is 1. The van der Waals surface area contributed by atoms with Crippen molar-refractivity contribution in [2.45, 2.75) is 103 Å². The Balaban J connectivity index is 4.40. The predicted octanol–water partition coefficient (Wildman–Crippen LogP) is 4.33. The number of unbranched alkanes of at least 4 members (excludes halogenated alkanes) is 7. The van der Waals surface area contributed by atoms with Crippen molar-refractivity contribution in [1.82, 2.24) is 0 Å². The smallest absolute Gasteiger partial charge is 0.362 e. The largest absolute Gasteiger partial charge is 0.469 e. The number of ether oxygens (including phenoxy) is 3. The Labute approximate surface area is 212 Å². The summed E-state index contributed by atoms with van der Waals surface area (Å²) in [7, 11) is 5.18. The van der Waals surface area contributed by atoms with Crippen molar-refractivity contribution in [3.8, 4) is 0 Å². The van der Waals surface area contributed by atoms with Gasteiger partial charge in [-0.25, -0.2) is 4.79 Å². The minimum atomic E-state index is -0.734. The second kappa shape index (κ2) is 20.3. The maximum absolute atomic E-state index is 12.6. The molecule has 0 heterocycles. The van der Waals surface area contributed by atoms with Crippen LogP contribution in [0, 0.1) is 0 Å². The predicted molar refractivity (Wildman–Crippen MR) is 137 cm³/mol. The topological polar surface area (TPSA) is 99.1 Å². The van der Waals surface area contributed by atoms with Gasteiger partial charge in [-0.15, -0.1) is 0 Å². The van der Waals surface area contributed by atoms with Crippen molar-refractivity contribution >= 4 is 17.9 Å². The molecule has 0 amide bonds. The fourth-order valence-corrected chi connectivity index (χ4v) is 3.67. The van der Waals surface area contributed by atoms with E-state index in [4.69, 9.17) is 9.47 Å². The van der Waals surface area contributed by atoms with Crippen molar-refractivity contribution in [2.75, 3.05) is 40.9 Å². The number of quaternary nitrogens is 1. The lowest BCUT2D eigenvalue weighted by molar-refractivity contribution is -0.883. The van der Waals surface area contributed by atoms with Crippen LogP contribution >= 0.6 is 0 Å². The molecular formula is C27H50NO7+. The second-order valence-corrected chi connectivity index (χ2v) is 9.84. The zero-order valence-corrected chi connectivity index (χ0v) is 22.8. The van der Waals surface area contributed by atoms with Crippen molar-refractivity contribution in [2.24, 2.45) is 0 Å². The van der Waals surface area contributed by atoms with Crippen molar-refractivity contribution in [1.29, 1.82) is 0 Å². The van der Waals surface area contributed by atoms with Crippen LogP contribution in [0.3, 0.4) is 0 Å². The maximum atomic E-state index is 12.6. The molecule has 35 heavy (non-hydrogen) atoms. The number of carbonyl (C=O) groups is 3. The van der Waals surface area contributed by atoms with E-state index in [1.54, 1.807) is 0 Å². The molecule has 0 radical (unpaired) electrons. The zero-order valence-electron chi connectivity index (χ0n) is 22.8. The van der Waals surface area contributed by atoms with E-state index in [0.717, 1.165) is 57.8 Å². The molecule has 204 valence electrons. The Morgan fingerprint density at radius 2 is 1.63 bits per heavy atom. The summed E-state index contributed by atoms with van der Waals surface area (Å²) in [5.41, 5.74) is 0. The number of nitrogens with zero attached hydrogens (tertiary/aromatic N) is 1. The van der Waals surface area contributed by atoms with Crippen molar-refractivity contribution in [3.63, 3.8) is 0 Å². The van der Waals surface area contributed by atoms with Gasteiger partial charge in [0.2, 0.25) is 0 Å². The number of carbonyl (C=O) groups excluding carboxylic acids is 3. The molecule has 2 atom stereocenters. The first-order valence-electron chi connectivity index (χ1n) is 13.2. The van der Waals surface area contributed by atoms with E-state index >= 15 is 0 Å². The van der Waals surface area contributed by atoms with E-state index in [2.05, 4.69) is 17.7 Å². The van der Waals surface area contributed by atoms with Gasteiger partial charge in [-0.05, 0) is 38.5 Å². The third-order valence-corrected chi connectivity index (χ3v) is 5.89. The van der Waals surface area contributed by atoms with E-state index in [1.807, 2.05) is 20.2 Å². The van der Waals surface area contributed by atoms with Crippen LogP contribution in [0.25, 0.3) is 0 Å². The molecule has 0 aromatic rings. The SMILES string of the molecule is CCCCCC(OC(=O)C[N+](C)(C)CCOC(C)=O)C(O)C/C=C\CCCCCCCC(=O)OC. The van der Waals surface area contributed by atoms with Crippen LogP contribution < -0.4 is 0 Å². The van der Waals surface area contributed by atoms with E-state index < -0.39 is 12.2 Å². The first kappa shape index (κ1) is 33.1. The Morgan fingerprint density at radius 3 is 2.29 bits per heavy atom. The van der Waals surface area contributed by atoms with Gasteiger partial charge in [-0.2, -0.15) is 0 Å². The maximum Gasteiger partial charge on any atom is 0.362 e. The minimum absolute atomic E-state index is 0.146. The molecule has 0 aromatic heterocycles. The molecule has 0 aliphatic carbocycles. The number of hydrogen-bond donors (Lipinski definition) is 1. The fourth-order valence-electron chi connectivity index (χ4n) is 3.67. The van der Waals surface area contributed by atoms with Gasteiger partial charge in [0.1, 0.15) is 19.3 Å². The lowest BCUT2D eigenvalue weighted by Gasteiger charge is -2.30. The molecule has 8 heteroatoms. The zero-order chi connectivity index (χ0) is 26.5. The van der Waals surface area contributed by atoms with E-state index in [9.17, 15) is 19.5 Å². The molecule has 0 aromatic carbocycles. The van der Waals surface area contributed by atoms with Crippen LogP contribution in [0.5, 0.6) is 0 Å². The van der Waals surface area contributed by atoms with E-state index in [0.29, 0.717) is 30.3 Å². The quantitative estimate of drug-likeness (QED) is 0.0823. The summed E-state index contributed by atoms with van der Waals surface area (Å²) in [5, 5.41) is 10.7. The van der Waals surface area contributed by atoms with Crippen molar-refractivity contribution in [3.05, 3.63) is 12.2 Å². The van der Waals surface area contributed by atoms with Crippen LogP contribution in [0.15, 0.2) is 12.2 Å². The minimum Gasteiger partial charge on any atom is -0.469 e. The summed E-state index contributed by atoms with van der Waals surface area (Å²) in [6, 6.07) is 0. The van der Waals surface area contributed by atoms with Gasteiger partial charge in [-0.3, -0.25) is 9.59 Å². The van der Waals surface area contributed by atoms with Gasteiger partial charge < -0.3 is 23.8 Å². The monoisotopic (exact) mass is 500 g/mol. The molecule has 0 saturated carbocycles. The highest BCUT2D eigenvalue weighted by Crippen LogP contribution is 2.15. The molecular weight excluding hydrogens is 450 g/mol. The highest BCUT2D eigenvalue weighted by molar-refractivity contribution is 5.71. The van der Waals surface area contributed by atoms with Gasteiger partial charge in [0, 0.05) is 13.3 Å². The summed E-state index contributed by atoms with van der Waals surface area (Å²) < 4.78 is 15.7. The van der Waals surface area contributed by atoms with E-state index in [1.165, 1.54) is 14.0 Å². The molecule has 8 nitrogen and oxygen atoms in total. The van der Waals surface area contributed by atoms with Crippen LogP contribution in [-0.4, -0.2) is 80.6 Å². The Kier molecular flexibility index (Phi) is 19.2. The Hall–Kier alpha value is -1.93. The molecule has 1 N–H and O–H groups in total. The van der Waals surface area contributed by atoms with Gasteiger partial charge in [0.15, 0.2) is 6.54 Å². The first-order chi connectivity index (χ1) is 16.6. The van der Waals surface area contributed by atoms with Crippen LogP contribution in [0.1, 0.15) is 90.9 Å². The number of hydrogen-bond acceptors (Lipinski definition) is 7. The van der Waals surface area contributed by atoms with Crippen LogP contribution in [0.4, 0.5) is 0 Å². The molecule has 0 saturated heterocycles. The lowest BCUT2D eigenvalue weighted by atomic mass is 10.0. The number of esters is 3. The number of allylic oxidation sites excluding steroid dienone is 1. The number of aliphatic hydroxyl groups excluding tert-OH is 1. The van der Waals surface area contributed by atoms with Crippen LogP contribution in [-0.2, 0) is 28.6 Å². The van der Waals surface area contributed by atoms with Gasteiger partial charge >= 0.3 is 17.9 Å². The Morgan fingerprint density at radius 1 is 0.943 bits per heavy atom. The molecule has 0 spiro atoms. The highest BCUT2D eigenvalue weighted by atomic mass is 16.6.